The van der Waals surface area contributed by atoms with Crippen LogP contribution in [-0.4, -0.2) is 35.1 Å². The van der Waals surface area contributed by atoms with Crippen molar-refractivity contribution in [2.75, 3.05) is 13.1 Å². The minimum atomic E-state index is 0.563. The number of hydrogen-bond donors (Lipinski definition) is 1. The largest absolute Gasteiger partial charge is 0.313 e. The minimum absolute atomic E-state index is 0.563. The highest BCUT2D eigenvalue weighted by molar-refractivity contribution is 5.81. The van der Waals surface area contributed by atoms with Crippen molar-refractivity contribution in [2.24, 2.45) is 0 Å². The van der Waals surface area contributed by atoms with Gasteiger partial charge in [-0.3, -0.25) is 9.88 Å². The van der Waals surface area contributed by atoms with Gasteiger partial charge in [-0.15, -0.1) is 0 Å². The number of rotatable bonds is 2. The van der Waals surface area contributed by atoms with Crippen LogP contribution in [0.15, 0.2) is 36.5 Å². The monoisotopic (exact) mass is 269 g/mol. The lowest BCUT2D eigenvalue weighted by molar-refractivity contribution is 0.199. The Morgan fingerprint density at radius 2 is 2.10 bits per heavy atom. The fourth-order valence-corrected chi connectivity index (χ4v) is 3.05. The molecule has 0 saturated carbocycles. The smallest absolute Gasteiger partial charge is 0.0705 e. The molecule has 1 aliphatic heterocycles. The van der Waals surface area contributed by atoms with E-state index in [0.717, 1.165) is 25.2 Å². The fraction of sp³-hybridized carbons (Fsp3) is 0.471. The van der Waals surface area contributed by atoms with Gasteiger partial charge in [-0.05, 0) is 44.5 Å². The Hall–Kier alpha value is -1.45. The second-order valence-electron chi connectivity index (χ2n) is 5.91. The van der Waals surface area contributed by atoms with E-state index in [9.17, 15) is 0 Å². The summed E-state index contributed by atoms with van der Waals surface area (Å²) in [7, 11) is 0. The molecule has 0 bridgehead atoms. The Morgan fingerprint density at radius 3 is 3.00 bits per heavy atom. The van der Waals surface area contributed by atoms with E-state index in [1.54, 1.807) is 0 Å². The molecule has 0 radical (unpaired) electrons. The highest BCUT2D eigenvalue weighted by Gasteiger charge is 2.20. The summed E-state index contributed by atoms with van der Waals surface area (Å²) in [6.07, 6.45) is 3.15. The van der Waals surface area contributed by atoms with Crippen molar-refractivity contribution in [3.8, 4) is 0 Å². The molecule has 0 amide bonds. The van der Waals surface area contributed by atoms with E-state index in [2.05, 4.69) is 59.4 Å². The van der Waals surface area contributed by atoms with E-state index in [1.165, 1.54) is 17.4 Å². The van der Waals surface area contributed by atoms with Gasteiger partial charge in [0.05, 0.1) is 5.52 Å². The molecule has 1 N–H and O–H groups in total. The summed E-state index contributed by atoms with van der Waals surface area (Å²) in [5.41, 5.74) is 2.48. The molecule has 2 atom stereocenters. The highest BCUT2D eigenvalue weighted by atomic mass is 15.2. The van der Waals surface area contributed by atoms with Crippen molar-refractivity contribution in [1.82, 2.24) is 15.2 Å². The van der Waals surface area contributed by atoms with E-state index in [0.29, 0.717) is 12.1 Å². The van der Waals surface area contributed by atoms with E-state index in [4.69, 9.17) is 0 Å². The standard InChI is InChI=1S/C17H23N3/c1-13-11-20(14(2)7-9-18-13)12-15-8-10-19-17-6-4-3-5-16(15)17/h3-6,8,10,13-14,18H,7,9,11-12H2,1-2H3. The lowest BCUT2D eigenvalue weighted by atomic mass is 10.1. The average molecular weight is 269 g/mol. The van der Waals surface area contributed by atoms with Gasteiger partial charge in [-0.25, -0.2) is 0 Å². The quantitative estimate of drug-likeness (QED) is 0.908. The first kappa shape index (κ1) is 13.5. The zero-order valence-corrected chi connectivity index (χ0v) is 12.3. The molecule has 3 rings (SSSR count). The number of nitrogens with zero attached hydrogens (tertiary/aromatic N) is 2. The first-order valence-electron chi connectivity index (χ1n) is 7.54. The Labute approximate surface area is 121 Å². The van der Waals surface area contributed by atoms with Crippen molar-refractivity contribution < 1.29 is 0 Å². The van der Waals surface area contributed by atoms with Crippen LogP contribution in [0.5, 0.6) is 0 Å². The molecule has 3 heteroatoms. The molecular weight excluding hydrogens is 246 g/mol. The molecule has 1 saturated heterocycles. The fourth-order valence-electron chi connectivity index (χ4n) is 3.05. The van der Waals surface area contributed by atoms with Crippen LogP contribution in [0.25, 0.3) is 10.9 Å². The average Bonchev–Trinajstić information content (AvgIpc) is 2.61. The van der Waals surface area contributed by atoms with Gasteiger partial charge >= 0.3 is 0 Å². The summed E-state index contributed by atoms with van der Waals surface area (Å²) in [5.74, 6) is 0. The Morgan fingerprint density at radius 1 is 1.25 bits per heavy atom. The Bertz CT molecular complexity index is 576. The zero-order chi connectivity index (χ0) is 13.9. The van der Waals surface area contributed by atoms with Crippen molar-refractivity contribution >= 4 is 10.9 Å². The number of pyridine rings is 1. The molecule has 2 unspecified atom stereocenters. The maximum absolute atomic E-state index is 4.46. The van der Waals surface area contributed by atoms with Crippen LogP contribution in [0.4, 0.5) is 0 Å². The number of hydrogen-bond acceptors (Lipinski definition) is 3. The van der Waals surface area contributed by atoms with Crippen LogP contribution < -0.4 is 5.32 Å². The molecular formula is C17H23N3. The van der Waals surface area contributed by atoms with Crippen molar-refractivity contribution in [2.45, 2.75) is 38.9 Å². The number of aromatic nitrogens is 1. The van der Waals surface area contributed by atoms with Gasteiger partial charge in [0.2, 0.25) is 0 Å². The van der Waals surface area contributed by atoms with Crippen molar-refractivity contribution in [3.63, 3.8) is 0 Å². The Kier molecular flexibility index (Phi) is 3.99. The maximum Gasteiger partial charge on any atom is 0.0705 e. The molecule has 0 spiro atoms. The van der Waals surface area contributed by atoms with Gasteiger partial charge in [0.1, 0.15) is 0 Å². The van der Waals surface area contributed by atoms with E-state index in [-0.39, 0.29) is 0 Å². The lowest BCUT2D eigenvalue weighted by Gasteiger charge is -2.28. The summed E-state index contributed by atoms with van der Waals surface area (Å²) >= 11 is 0. The lowest BCUT2D eigenvalue weighted by Crippen LogP contribution is -2.38. The van der Waals surface area contributed by atoms with Gasteiger partial charge in [-0.2, -0.15) is 0 Å². The van der Waals surface area contributed by atoms with Crippen LogP contribution >= 0.6 is 0 Å². The van der Waals surface area contributed by atoms with Gasteiger partial charge in [-0.1, -0.05) is 18.2 Å². The predicted molar refractivity (Wildman–Crippen MR) is 83.7 cm³/mol. The van der Waals surface area contributed by atoms with E-state index < -0.39 is 0 Å². The third-order valence-electron chi connectivity index (χ3n) is 4.30. The first-order valence-corrected chi connectivity index (χ1v) is 7.54. The number of para-hydroxylation sites is 1. The first-order chi connectivity index (χ1) is 9.74. The van der Waals surface area contributed by atoms with Crippen LogP contribution in [-0.2, 0) is 6.54 Å². The molecule has 106 valence electrons. The molecule has 3 nitrogen and oxygen atoms in total. The summed E-state index contributed by atoms with van der Waals surface area (Å²) in [4.78, 5) is 7.05. The van der Waals surface area contributed by atoms with Crippen LogP contribution in [0.1, 0.15) is 25.8 Å². The number of nitrogens with one attached hydrogen (secondary N) is 1. The van der Waals surface area contributed by atoms with Gasteiger partial charge in [0.15, 0.2) is 0 Å². The third kappa shape index (κ3) is 2.84. The maximum atomic E-state index is 4.46. The van der Waals surface area contributed by atoms with Crippen LogP contribution in [0.3, 0.4) is 0 Å². The van der Waals surface area contributed by atoms with Crippen molar-refractivity contribution in [1.29, 1.82) is 0 Å². The van der Waals surface area contributed by atoms with Gasteiger partial charge in [0.25, 0.3) is 0 Å². The molecule has 2 aromatic rings. The van der Waals surface area contributed by atoms with E-state index >= 15 is 0 Å². The minimum Gasteiger partial charge on any atom is -0.313 e. The molecule has 1 fully saturated rings. The molecule has 20 heavy (non-hydrogen) atoms. The molecule has 1 aliphatic rings. The predicted octanol–water partition coefficient (Wildman–Crippen LogP) is 2.81. The topological polar surface area (TPSA) is 28.2 Å². The molecule has 1 aromatic heterocycles. The summed E-state index contributed by atoms with van der Waals surface area (Å²) < 4.78 is 0. The second kappa shape index (κ2) is 5.90. The summed E-state index contributed by atoms with van der Waals surface area (Å²) in [5, 5.41) is 4.86. The SMILES string of the molecule is CC1CN(Cc2ccnc3ccccc23)C(C)CCN1. The van der Waals surface area contributed by atoms with Crippen LogP contribution in [0, 0.1) is 0 Å². The van der Waals surface area contributed by atoms with Crippen LogP contribution in [0.2, 0.25) is 0 Å². The number of fused-ring (bicyclic) bond motifs is 1. The van der Waals surface area contributed by atoms with E-state index in [1.807, 2.05) is 6.20 Å². The third-order valence-corrected chi connectivity index (χ3v) is 4.30. The normalized spacial score (nSPS) is 24.7. The van der Waals surface area contributed by atoms with Gasteiger partial charge < -0.3 is 5.32 Å². The van der Waals surface area contributed by atoms with Gasteiger partial charge in [0, 0.05) is 36.8 Å². The molecule has 1 aromatic carbocycles. The second-order valence-corrected chi connectivity index (χ2v) is 5.91. The highest BCUT2D eigenvalue weighted by Crippen LogP contribution is 2.20. The number of benzene rings is 1. The molecule has 2 heterocycles. The Balaban J connectivity index is 1.88. The molecule has 0 aliphatic carbocycles. The summed E-state index contributed by atoms with van der Waals surface area (Å²) in [6.45, 7) is 7.85. The summed E-state index contributed by atoms with van der Waals surface area (Å²) in [6, 6.07) is 11.8. The van der Waals surface area contributed by atoms with Crippen molar-refractivity contribution in [3.05, 3.63) is 42.1 Å². The zero-order valence-electron chi connectivity index (χ0n) is 12.3.